The van der Waals surface area contributed by atoms with E-state index in [2.05, 4.69) is 44.5 Å². The molecule has 1 aliphatic rings. The van der Waals surface area contributed by atoms with Crippen LogP contribution in [0.15, 0.2) is 48.8 Å². The number of ether oxygens (including phenoxy) is 1. The number of nitrogens with zero attached hydrogens (tertiary/aromatic N) is 3. The van der Waals surface area contributed by atoms with Gasteiger partial charge in [-0.2, -0.15) is 0 Å². The maximum Gasteiger partial charge on any atom is 0.330 e. The van der Waals surface area contributed by atoms with E-state index in [-0.39, 0.29) is 5.97 Å². The van der Waals surface area contributed by atoms with E-state index in [4.69, 9.17) is 4.74 Å². The maximum absolute atomic E-state index is 11.3. The molecule has 0 aliphatic carbocycles. The molecule has 1 atom stereocenters. The molecular formula is C20H24N4O2. The molecule has 2 heterocycles. The third-order valence-electron chi connectivity index (χ3n) is 4.22. The number of rotatable bonds is 7. The third kappa shape index (κ3) is 5.39. The minimum Gasteiger partial charge on any atom is -0.463 e. The second kappa shape index (κ2) is 9.10. The lowest BCUT2D eigenvalue weighted by Gasteiger charge is -2.17. The van der Waals surface area contributed by atoms with Gasteiger partial charge in [0.1, 0.15) is 5.82 Å². The van der Waals surface area contributed by atoms with Gasteiger partial charge in [0.25, 0.3) is 0 Å². The number of carbonyl (C=O) groups is 1. The minimum absolute atomic E-state index is 0.361. The van der Waals surface area contributed by atoms with Gasteiger partial charge >= 0.3 is 5.97 Å². The van der Waals surface area contributed by atoms with Gasteiger partial charge < -0.3 is 10.1 Å². The molecule has 1 N–H and O–H groups in total. The van der Waals surface area contributed by atoms with Crippen molar-refractivity contribution >= 4 is 17.9 Å². The fraction of sp³-hybridized carbons (Fsp3) is 0.350. The van der Waals surface area contributed by atoms with E-state index < -0.39 is 0 Å². The van der Waals surface area contributed by atoms with Crippen LogP contribution in [0.1, 0.15) is 24.6 Å². The fourth-order valence-corrected chi connectivity index (χ4v) is 2.99. The van der Waals surface area contributed by atoms with Crippen molar-refractivity contribution in [3.8, 4) is 0 Å². The van der Waals surface area contributed by atoms with Gasteiger partial charge in [0, 0.05) is 31.8 Å². The Kier molecular flexibility index (Phi) is 6.33. The molecule has 0 unspecified atom stereocenters. The summed E-state index contributed by atoms with van der Waals surface area (Å²) < 4.78 is 4.84. The molecule has 6 heteroatoms. The van der Waals surface area contributed by atoms with E-state index in [1.54, 1.807) is 25.4 Å². The Morgan fingerprint density at radius 2 is 2.15 bits per heavy atom. The number of hydrogen-bond acceptors (Lipinski definition) is 6. The van der Waals surface area contributed by atoms with Crippen molar-refractivity contribution in [3.63, 3.8) is 0 Å². The first-order valence-corrected chi connectivity index (χ1v) is 8.92. The summed E-state index contributed by atoms with van der Waals surface area (Å²) in [4.78, 5) is 22.4. The highest BCUT2D eigenvalue weighted by molar-refractivity contribution is 5.86. The standard InChI is InChI=1S/C20H24N4O2/c1-2-26-20(25)9-8-17-12-22-19(13-21-17)23-18-10-11-24(15-18)14-16-6-4-3-5-7-16/h3-9,12-13,18H,2,10-11,14-15H2,1H3,(H,22,23)/t18-/m1/s1. The highest BCUT2D eigenvalue weighted by atomic mass is 16.5. The van der Waals surface area contributed by atoms with Crippen LogP contribution in [-0.2, 0) is 16.1 Å². The van der Waals surface area contributed by atoms with E-state index >= 15 is 0 Å². The average Bonchev–Trinajstić information content (AvgIpc) is 3.09. The zero-order valence-corrected chi connectivity index (χ0v) is 15.0. The van der Waals surface area contributed by atoms with Crippen LogP contribution < -0.4 is 5.32 Å². The van der Waals surface area contributed by atoms with Crippen LogP contribution in [-0.4, -0.2) is 46.6 Å². The first-order valence-electron chi connectivity index (χ1n) is 8.92. The molecule has 0 radical (unpaired) electrons. The van der Waals surface area contributed by atoms with Crippen molar-refractivity contribution in [2.45, 2.75) is 25.9 Å². The van der Waals surface area contributed by atoms with Crippen LogP contribution in [0.3, 0.4) is 0 Å². The van der Waals surface area contributed by atoms with Crippen LogP contribution in [0.5, 0.6) is 0 Å². The van der Waals surface area contributed by atoms with Gasteiger partial charge in [-0.3, -0.25) is 9.88 Å². The van der Waals surface area contributed by atoms with E-state index in [1.807, 2.05) is 6.07 Å². The second-order valence-corrected chi connectivity index (χ2v) is 6.26. The van der Waals surface area contributed by atoms with Crippen LogP contribution >= 0.6 is 0 Å². The van der Waals surface area contributed by atoms with Gasteiger partial charge in [-0.15, -0.1) is 0 Å². The van der Waals surface area contributed by atoms with Gasteiger partial charge in [-0.05, 0) is 25.0 Å². The molecule has 26 heavy (non-hydrogen) atoms. The van der Waals surface area contributed by atoms with E-state index in [1.165, 1.54) is 11.6 Å². The van der Waals surface area contributed by atoms with Crippen molar-refractivity contribution < 1.29 is 9.53 Å². The molecule has 1 aliphatic heterocycles. The number of benzene rings is 1. The predicted octanol–water partition coefficient (Wildman–Crippen LogP) is 2.74. The molecule has 3 rings (SSSR count). The molecule has 0 amide bonds. The summed E-state index contributed by atoms with van der Waals surface area (Å²) >= 11 is 0. The lowest BCUT2D eigenvalue weighted by molar-refractivity contribution is -0.137. The van der Waals surface area contributed by atoms with Crippen molar-refractivity contribution in [1.29, 1.82) is 0 Å². The van der Waals surface area contributed by atoms with E-state index in [9.17, 15) is 4.79 Å². The predicted molar refractivity (Wildman–Crippen MR) is 101 cm³/mol. The molecule has 1 aromatic carbocycles. The first kappa shape index (κ1) is 18.1. The number of carbonyl (C=O) groups excluding carboxylic acids is 1. The third-order valence-corrected chi connectivity index (χ3v) is 4.22. The fourth-order valence-electron chi connectivity index (χ4n) is 2.99. The Morgan fingerprint density at radius 1 is 1.31 bits per heavy atom. The molecule has 1 saturated heterocycles. The van der Waals surface area contributed by atoms with Gasteiger partial charge in [0.2, 0.25) is 0 Å². The largest absolute Gasteiger partial charge is 0.463 e. The lowest BCUT2D eigenvalue weighted by Crippen LogP contribution is -2.26. The van der Waals surface area contributed by atoms with Crippen molar-refractivity contribution in [2.24, 2.45) is 0 Å². The molecule has 0 bridgehead atoms. The van der Waals surface area contributed by atoms with Crippen LogP contribution in [0, 0.1) is 0 Å². The quantitative estimate of drug-likeness (QED) is 0.610. The SMILES string of the molecule is CCOC(=O)C=Cc1cnc(N[C@@H]2CCN(Cc3ccccc3)C2)cn1. The number of aromatic nitrogens is 2. The zero-order chi connectivity index (χ0) is 18.2. The summed E-state index contributed by atoms with van der Waals surface area (Å²) in [6.45, 7) is 5.17. The smallest absolute Gasteiger partial charge is 0.330 e. The Bertz CT molecular complexity index is 731. The molecule has 1 aromatic heterocycles. The molecule has 0 saturated carbocycles. The number of anilines is 1. The molecule has 136 valence electrons. The van der Waals surface area contributed by atoms with Crippen LogP contribution in [0.25, 0.3) is 6.08 Å². The van der Waals surface area contributed by atoms with Gasteiger partial charge in [-0.25, -0.2) is 9.78 Å². The van der Waals surface area contributed by atoms with E-state index in [0.29, 0.717) is 18.3 Å². The van der Waals surface area contributed by atoms with Gasteiger partial charge in [0.15, 0.2) is 0 Å². The monoisotopic (exact) mass is 352 g/mol. The van der Waals surface area contributed by atoms with Crippen molar-refractivity contribution in [2.75, 3.05) is 25.0 Å². The highest BCUT2D eigenvalue weighted by Crippen LogP contribution is 2.16. The first-order chi connectivity index (χ1) is 12.7. The average molecular weight is 352 g/mol. The summed E-state index contributed by atoms with van der Waals surface area (Å²) in [6.07, 6.45) is 7.39. The number of nitrogens with one attached hydrogen (secondary N) is 1. The zero-order valence-electron chi connectivity index (χ0n) is 15.0. The van der Waals surface area contributed by atoms with Gasteiger partial charge in [0.05, 0.1) is 24.7 Å². The van der Waals surface area contributed by atoms with Crippen LogP contribution in [0.2, 0.25) is 0 Å². The summed E-state index contributed by atoms with van der Waals surface area (Å²) in [6, 6.07) is 10.9. The number of likely N-dealkylation sites (tertiary alicyclic amines) is 1. The Morgan fingerprint density at radius 3 is 2.88 bits per heavy atom. The molecule has 0 spiro atoms. The Labute approximate surface area is 153 Å². The molecule has 2 aromatic rings. The topological polar surface area (TPSA) is 67.3 Å². The Hall–Kier alpha value is -2.73. The number of hydrogen-bond donors (Lipinski definition) is 1. The highest BCUT2D eigenvalue weighted by Gasteiger charge is 2.22. The number of esters is 1. The Balaban J connectivity index is 1.48. The summed E-state index contributed by atoms with van der Waals surface area (Å²) in [5.74, 6) is 0.380. The summed E-state index contributed by atoms with van der Waals surface area (Å²) in [5.41, 5.74) is 1.96. The van der Waals surface area contributed by atoms with Crippen molar-refractivity contribution in [3.05, 3.63) is 60.1 Å². The minimum atomic E-state index is -0.374. The maximum atomic E-state index is 11.3. The van der Waals surface area contributed by atoms with E-state index in [0.717, 1.165) is 31.9 Å². The summed E-state index contributed by atoms with van der Waals surface area (Å²) in [5, 5.41) is 3.44. The van der Waals surface area contributed by atoms with Crippen LogP contribution in [0.4, 0.5) is 5.82 Å². The summed E-state index contributed by atoms with van der Waals surface area (Å²) in [7, 11) is 0. The molecule has 6 nitrogen and oxygen atoms in total. The van der Waals surface area contributed by atoms with Crippen molar-refractivity contribution in [1.82, 2.24) is 14.9 Å². The molecular weight excluding hydrogens is 328 g/mol. The lowest BCUT2D eigenvalue weighted by atomic mass is 10.2. The van der Waals surface area contributed by atoms with Gasteiger partial charge in [-0.1, -0.05) is 30.3 Å². The normalized spacial score (nSPS) is 17.5. The molecule has 1 fully saturated rings. The second-order valence-electron chi connectivity index (χ2n) is 6.26.